The zero-order valence-electron chi connectivity index (χ0n) is 8.11. The molecule has 0 fully saturated rings. The van der Waals surface area contributed by atoms with Gasteiger partial charge in [-0.2, -0.15) is 13.2 Å². The lowest BCUT2D eigenvalue weighted by molar-refractivity contribution is -0.137. The van der Waals surface area contributed by atoms with Gasteiger partial charge in [-0.05, 0) is 23.7 Å². The summed E-state index contributed by atoms with van der Waals surface area (Å²) < 4.78 is 37.0. The van der Waals surface area contributed by atoms with E-state index in [0.29, 0.717) is 10.6 Å². The summed E-state index contributed by atoms with van der Waals surface area (Å²) in [5.74, 6) is 0.464. The molecule has 86 valence electrons. The van der Waals surface area contributed by atoms with Crippen molar-refractivity contribution >= 4 is 11.8 Å². The van der Waals surface area contributed by atoms with Gasteiger partial charge in [0, 0.05) is 22.1 Å². The Kier molecular flexibility index (Phi) is 4.52. The summed E-state index contributed by atoms with van der Waals surface area (Å²) in [5.41, 5.74) is 7.35. The Morgan fingerprint density at radius 1 is 1.38 bits per heavy atom. The minimum Gasteiger partial charge on any atom is -0.166 e. The number of rotatable bonds is 4. The predicted molar refractivity (Wildman–Crippen MR) is 56.2 cm³/mol. The quantitative estimate of drug-likeness (QED) is 0.260. The Morgan fingerprint density at radius 3 is 2.75 bits per heavy atom. The highest BCUT2D eigenvalue weighted by atomic mass is 32.2. The van der Waals surface area contributed by atoms with Crippen LogP contribution in [0.3, 0.4) is 0 Å². The van der Waals surface area contributed by atoms with Crippen molar-refractivity contribution in [3.63, 3.8) is 0 Å². The maximum atomic E-state index is 12.3. The SMILES string of the molecule is [N-]=[N+]=NCCSc1cccc(C(F)(F)F)c1. The van der Waals surface area contributed by atoms with Crippen molar-refractivity contribution in [3.05, 3.63) is 40.3 Å². The first-order valence-electron chi connectivity index (χ1n) is 4.35. The van der Waals surface area contributed by atoms with Crippen LogP contribution in [0.25, 0.3) is 10.4 Å². The third-order valence-electron chi connectivity index (χ3n) is 1.68. The number of azide groups is 1. The summed E-state index contributed by atoms with van der Waals surface area (Å²) in [6, 6.07) is 5.06. The zero-order valence-corrected chi connectivity index (χ0v) is 8.92. The lowest BCUT2D eigenvalue weighted by atomic mass is 10.2. The fourth-order valence-electron chi connectivity index (χ4n) is 1.01. The minimum atomic E-state index is -4.32. The van der Waals surface area contributed by atoms with Gasteiger partial charge in [-0.3, -0.25) is 0 Å². The number of nitrogens with zero attached hydrogens (tertiary/aromatic N) is 3. The van der Waals surface area contributed by atoms with Crippen LogP contribution in [0, 0.1) is 0 Å². The van der Waals surface area contributed by atoms with Gasteiger partial charge in [0.05, 0.1) is 5.56 Å². The minimum absolute atomic E-state index is 0.261. The fraction of sp³-hybridized carbons (Fsp3) is 0.333. The molecule has 0 spiro atoms. The highest BCUT2D eigenvalue weighted by Gasteiger charge is 2.30. The Labute approximate surface area is 94.3 Å². The standard InChI is InChI=1S/C9H8F3N3S/c10-9(11,12)7-2-1-3-8(6-7)16-5-4-14-15-13/h1-3,6H,4-5H2. The topological polar surface area (TPSA) is 48.8 Å². The zero-order chi connectivity index (χ0) is 12.0. The van der Waals surface area contributed by atoms with Crippen LogP contribution in [0.2, 0.25) is 0 Å². The van der Waals surface area contributed by atoms with Crippen LogP contribution < -0.4 is 0 Å². The highest BCUT2D eigenvalue weighted by Crippen LogP contribution is 2.31. The van der Waals surface area contributed by atoms with Crippen molar-refractivity contribution in [1.82, 2.24) is 0 Å². The van der Waals surface area contributed by atoms with Gasteiger partial charge >= 0.3 is 6.18 Å². The lowest BCUT2D eigenvalue weighted by Crippen LogP contribution is -2.04. The molecule has 1 aromatic rings. The lowest BCUT2D eigenvalue weighted by Gasteiger charge is -2.07. The van der Waals surface area contributed by atoms with Crippen molar-refractivity contribution in [2.24, 2.45) is 5.11 Å². The first kappa shape index (κ1) is 12.7. The van der Waals surface area contributed by atoms with E-state index >= 15 is 0 Å². The van der Waals surface area contributed by atoms with E-state index in [4.69, 9.17) is 5.53 Å². The Hall–Kier alpha value is -1.33. The molecule has 0 bridgehead atoms. The molecule has 0 saturated carbocycles. The largest absolute Gasteiger partial charge is 0.416 e. The summed E-state index contributed by atoms with van der Waals surface area (Å²) in [4.78, 5) is 3.07. The van der Waals surface area contributed by atoms with Gasteiger partial charge in [-0.1, -0.05) is 11.2 Å². The van der Waals surface area contributed by atoms with E-state index in [2.05, 4.69) is 10.0 Å². The van der Waals surface area contributed by atoms with Crippen molar-refractivity contribution in [3.8, 4) is 0 Å². The van der Waals surface area contributed by atoms with E-state index in [9.17, 15) is 13.2 Å². The fourth-order valence-corrected chi connectivity index (χ4v) is 1.80. The molecule has 7 heteroatoms. The number of halogens is 3. The smallest absolute Gasteiger partial charge is 0.166 e. The van der Waals surface area contributed by atoms with Crippen molar-refractivity contribution < 1.29 is 13.2 Å². The summed E-state index contributed by atoms with van der Waals surface area (Å²) >= 11 is 1.23. The van der Waals surface area contributed by atoms with Gasteiger partial charge < -0.3 is 0 Å². The third-order valence-corrected chi connectivity index (χ3v) is 2.66. The maximum absolute atomic E-state index is 12.3. The van der Waals surface area contributed by atoms with E-state index in [-0.39, 0.29) is 6.54 Å². The van der Waals surface area contributed by atoms with E-state index in [0.717, 1.165) is 12.1 Å². The first-order valence-corrected chi connectivity index (χ1v) is 5.33. The summed E-state index contributed by atoms with van der Waals surface area (Å²) in [6.07, 6.45) is -4.32. The molecular weight excluding hydrogens is 239 g/mol. The van der Waals surface area contributed by atoms with Gasteiger partial charge in [-0.25, -0.2) is 0 Å². The Bertz CT molecular complexity index is 399. The molecule has 0 unspecified atom stereocenters. The number of benzene rings is 1. The predicted octanol–water partition coefficient (Wildman–Crippen LogP) is 4.11. The monoisotopic (exact) mass is 247 g/mol. The molecule has 0 radical (unpaired) electrons. The first-order chi connectivity index (χ1) is 7.54. The van der Waals surface area contributed by atoms with E-state index in [1.165, 1.54) is 17.8 Å². The molecule has 1 rings (SSSR count). The molecule has 0 aliphatic heterocycles. The van der Waals surface area contributed by atoms with Crippen molar-refractivity contribution in [2.45, 2.75) is 11.1 Å². The third kappa shape index (κ3) is 4.04. The van der Waals surface area contributed by atoms with Crippen LogP contribution in [0.4, 0.5) is 13.2 Å². The van der Waals surface area contributed by atoms with Crippen LogP contribution >= 0.6 is 11.8 Å². The maximum Gasteiger partial charge on any atom is 0.416 e. The molecule has 0 aliphatic carbocycles. The molecule has 0 aliphatic rings. The van der Waals surface area contributed by atoms with Gasteiger partial charge in [0.25, 0.3) is 0 Å². The van der Waals surface area contributed by atoms with E-state index < -0.39 is 11.7 Å². The van der Waals surface area contributed by atoms with E-state index in [1.807, 2.05) is 0 Å². The second-order valence-corrected chi connectivity index (χ2v) is 4.00. The van der Waals surface area contributed by atoms with Crippen molar-refractivity contribution in [2.75, 3.05) is 12.3 Å². The van der Waals surface area contributed by atoms with Gasteiger partial charge in [0.1, 0.15) is 0 Å². The molecular formula is C9H8F3N3S. The van der Waals surface area contributed by atoms with Gasteiger partial charge in [-0.15, -0.1) is 11.8 Å². The summed E-state index contributed by atoms with van der Waals surface area (Å²) in [5, 5.41) is 3.30. The van der Waals surface area contributed by atoms with Crippen LogP contribution in [0.1, 0.15) is 5.56 Å². The molecule has 0 aromatic heterocycles. The molecule has 0 atom stereocenters. The molecule has 16 heavy (non-hydrogen) atoms. The summed E-state index contributed by atoms with van der Waals surface area (Å²) in [7, 11) is 0. The Morgan fingerprint density at radius 2 is 2.12 bits per heavy atom. The normalized spacial score (nSPS) is 10.9. The number of hydrogen-bond donors (Lipinski definition) is 0. The molecule has 1 aromatic carbocycles. The van der Waals surface area contributed by atoms with Crippen molar-refractivity contribution in [1.29, 1.82) is 0 Å². The number of hydrogen-bond acceptors (Lipinski definition) is 2. The summed E-state index contributed by atoms with van der Waals surface area (Å²) in [6.45, 7) is 0.261. The average molecular weight is 247 g/mol. The van der Waals surface area contributed by atoms with Crippen LogP contribution in [-0.2, 0) is 6.18 Å². The van der Waals surface area contributed by atoms with E-state index in [1.54, 1.807) is 6.07 Å². The molecule has 0 saturated heterocycles. The highest BCUT2D eigenvalue weighted by molar-refractivity contribution is 7.99. The second-order valence-electron chi connectivity index (χ2n) is 2.83. The number of thioether (sulfide) groups is 1. The molecule has 3 nitrogen and oxygen atoms in total. The second kappa shape index (κ2) is 5.67. The molecule has 0 heterocycles. The number of alkyl halides is 3. The van der Waals surface area contributed by atoms with Gasteiger partial charge in [0.2, 0.25) is 0 Å². The Balaban J connectivity index is 2.64. The average Bonchev–Trinajstić information content (AvgIpc) is 2.24. The van der Waals surface area contributed by atoms with Gasteiger partial charge in [0.15, 0.2) is 0 Å². The molecule has 0 amide bonds. The van der Waals surface area contributed by atoms with Crippen LogP contribution in [0.15, 0.2) is 34.3 Å². The van der Waals surface area contributed by atoms with Crippen LogP contribution in [-0.4, -0.2) is 12.3 Å². The molecule has 0 N–H and O–H groups in total. The van der Waals surface area contributed by atoms with Crippen LogP contribution in [0.5, 0.6) is 0 Å².